The van der Waals surface area contributed by atoms with Gasteiger partial charge in [0, 0.05) is 11.1 Å². The molecule has 0 spiro atoms. The number of carbonyl (C=O) groups excluding carboxylic acids is 1. The summed E-state index contributed by atoms with van der Waals surface area (Å²) in [6, 6.07) is 14.2. The van der Waals surface area contributed by atoms with Crippen molar-refractivity contribution < 1.29 is 41.0 Å². The normalized spacial score (nSPS) is 17.3. The van der Waals surface area contributed by atoms with Crippen LogP contribution in [0, 0.1) is 0 Å². The number of aliphatic hydroxyl groups excluding tert-OH is 1. The number of halogens is 3. The molecule has 1 unspecified atom stereocenters. The Labute approximate surface area is 238 Å². The van der Waals surface area contributed by atoms with Crippen LogP contribution in [0.2, 0.25) is 0 Å². The number of aliphatic hydroxyl groups is 1. The zero-order valence-corrected chi connectivity index (χ0v) is 23.1. The first kappa shape index (κ1) is 28.0. The van der Waals surface area contributed by atoms with Gasteiger partial charge in [0.05, 0.1) is 40.9 Å². The van der Waals surface area contributed by atoms with Crippen LogP contribution in [0.15, 0.2) is 65.6 Å². The third-order valence-electron chi connectivity index (χ3n) is 7.45. The third kappa shape index (κ3) is 5.07. The van der Waals surface area contributed by atoms with Gasteiger partial charge >= 0.3 is 6.29 Å². The molecule has 0 bridgehead atoms. The third-order valence-corrected chi connectivity index (χ3v) is 9.20. The van der Waals surface area contributed by atoms with Gasteiger partial charge in [0.2, 0.25) is 0 Å². The van der Waals surface area contributed by atoms with Crippen LogP contribution in [0.5, 0.6) is 11.5 Å². The highest BCUT2D eigenvalue weighted by atomic mass is 32.2. The maximum Gasteiger partial charge on any atom is 0.586 e. The monoisotopic (exact) mass is 601 g/mol. The van der Waals surface area contributed by atoms with Crippen LogP contribution < -0.4 is 14.8 Å². The fourth-order valence-corrected chi connectivity index (χ4v) is 5.86. The molecule has 220 valence electrons. The quantitative estimate of drug-likeness (QED) is 0.287. The number of hydrogen-bond acceptors (Lipinski definition) is 7. The minimum absolute atomic E-state index is 0.0258. The van der Waals surface area contributed by atoms with Crippen molar-refractivity contribution in [3.05, 3.63) is 83.2 Å². The van der Waals surface area contributed by atoms with E-state index in [-0.39, 0.29) is 52.9 Å². The van der Waals surface area contributed by atoms with Crippen LogP contribution in [0.4, 0.5) is 13.2 Å². The van der Waals surface area contributed by atoms with E-state index in [0.29, 0.717) is 22.2 Å². The molecule has 1 saturated carbocycles. The molecule has 1 aromatic heterocycles. The summed E-state index contributed by atoms with van der Waals surface area (Å²) in [4.78, 5) is 17.8. The van der Waals surface area contributed by atoms with Crippen LogP contribution in [0.3, 0.4) is 0 Å². The second kappa shape index (κ2) is 10.0. The Morgan fingerprint density at radius 3 is 2.50 bits per heavy atom. The van der Waals surface area contributed by atoms with Crippen LogP contribution in [0.25, 0.3) is 11.0 Å². The first-order valence-electron chi connectivity index (χ1n) is 13.2. The number of nitrogens with zero attached hydrogens (tertiary/aromatic N) is 2. The maximum absolute atomic E-state index is 15.4. The highest BCUT2D eigenvalue weighted by Gasteiger charge is 2.50. The average Bonchev–Trinajstić information content (AvgIpc) is 3.48. The van der Waals surface area contributed by atoms with Gasteiger partial charge in [-0.2, -0.15) is 0 Å². The number of amides is 1. The largest absolute Gasteiger partial charge is 0.586 e. The van der Waals surface area contributed by atoms with Crippen molar-refractivity contribution in [2.45, 2.75) is 49.2 Å². The minimum Gasteiger partial charge on any atom is -0.395 e. The van der Waals surface area contributed by atoms with Crippen LogP contribution >= 0.6 is 0 Å². The summed E-state index contributed by atoms with van der Waals surface area (Å²) in [6.45, 7) is 1.07. The van der Waals surface area contributed by atoms with Gasteiger partial charge in [-0.3, -0.25) is 4.79 Å². The molecule has 4 aromatic rings. The first-order chi connectivity index (χ1) is 19.9. The number of fused-ring (bicyclic) bond motifs is 2. The Morgan fingerprint density at radius 2 is 1.83 bits per heavy atom. The highest BCUT2D eigenvalue weighted by Crippen LogP contribution is 2.50. The molecule has 0 saturated heterocycles. The highest BCUT2D eigenvalue weighted by molar-refractivity contribution is 7.91. The van der Waals surface area contributed by atoms with Crippen LogP contribution in [-0.4, -0.2) is 47.6 Å². The second-order valence-corrected chi connectivity index (χ2v) is 12.6. The van der Waals surface area contributed by atoms with Gasteiger partial charge in [-0.15, -0.1) is 8.78 Å². The fourth-order valence-electron chi connectivity index (χ4n) is 4.98. The molecule has 2 N–H and O–H groups in total. The predicted octanol–water partition coefficient (Wildman–Crippen LogP) is 4.62. The smallest absolute Gasteiger partial charge is 0.395 e. The van der Waals surface area contributed by atoms with Crippen LogP contribution in [-0.2, 0) is 22.1 Å². The van der Waals surface area contributed by atoms with Crippen molar-refractivity contribution >= 4 is 26.8 Å². The molecule has 1 fully saturated rings. The van der Waals surface area contributed by atoms with Crippen molar-refractivity contribution in [1.29, 1.82) is 0 Å². The molecule has 1 aliphatic heterocycles. The number of benzene rings is 3. The van der Waals surface area contributed by atoms with Crippen LogP contribution in [0.1, 0.15) is 53.1 Å². The lowest BCUT2D eigenvalue weighted by Gasteiger charge is -2.17. The van der Waals surface area contributed by atoms with Gasteiger partial charge in [-0.25, -0.2) is 17.8 Å². The maximum atomic E-state index is 15.4. The second-order valence-electron chi connectivity index (χ2n) is 10.3. The van der Waals surface area contributed by atoms with Gasteiger partial charge in [-0.1, -0.05) is 31.2 Å². The Morgan fingerprint density at radius 1 is 1.10 bits per heavy atom. The van der Waals surface area contributed by atoms with Gasteiger partial charge in [0.1, 0.15) is 5.82 Å². The topological polar surface area (TPSA) is 120 Å². The van der Waals surface area contributed by atoms with E-state index in [1.54, 1.807) is 23.6 Å². The summed E-state index contributed by atoms with van der Waals surface area (Å²) in [5.41, 5.74) is 0.184. The molecule has 42 heavy (non-hydrogen) atoms. The molecule has 1 aliphatic carbocycles. The lowest BCUT2D eigenvalue weighted by atomic mass is 10.1. The molecule has 9 nitrogen and oxygen atoms in total. The summed E-state index contributed by atoms with van der Waals surface area (Å²) in [5.74, 6) is -0.725. The van der Waals surface area contributed by atoms with Gasteiger partial charge in [0.15, 0.2) is 27.0 Å². The van der Waals surface area contributed by atoms with Gasteiger partial charge in [0.25, 0.3) is 5.91 Å². The van der Waals surface area contributed by atoms with E-state index >= 15 is 4.39 Å². The average molecular weight is 602 g/mol. The number of alkyl halides is 3. The lowest BCUT2D eigenvalue weighted by Crippen LogP contribution is -2.30. The van der Waals surface area contributed by atoms with Gasteiger partial charge in [-0.05, 0) is 54.8 Å². The van der Waals surface area contributed by atoms with E-state index in [2.05, 4.69) is 15.0 Å². The number of rotatable bonds is 9. The van der Waals surface area contributed by atoms with E-state index in [1.165, 1.54) is 48.5 Å². The van der Waals surface area contributed by atoms with Crippen molar-refractivity contribution in [2.24, 2.45) is 0 Å². The SMILES string of the molecule is CCS(=O)(=O)c1ccc(C(CO)NC(=O)c2ccc3c(c2)nc(C2(F)CC2)n3Cc2cccc3c2OC(F)(F)O3)cc1. The molecule has 0 radical (unpaired) electrons. The fraction of sp³-hybridized carbons (Fsp3) is 0.310. The number of hydrogen-bond donors (Lipinski definition) is 2. The lowest BCUT2D eigenvalue weighted by molar-refractivity contribution is -0.287. The van der Waals surface area contributed by atoms with Crippen molar-refractivity contribution in [3.8, 4) is 11.5 Å². The zero-order valence-electron chi connectivity index (χ0n) is 22.3. The molecular weight excluding hydrogens is 575 g/mol. The minimum atomic E-state index is -3.81. The number of para-hydroxylation sites is 1. The summed E-state index contributed by atoms with van der Waals surface area (Å²) in [6.07, 6.45) is -3.30. The summed E-state index contributed by atoms with van der Waals surface area (Å²) in [7, 11) is -3.40. The Bertz CT molecular complexity index is 1800. The molecule has 2 aliphatic rings. The molecule has 1 atom stereocenters. The molecular formula is C29H26F3N3O6S. The van der Waals surface area contributed by atoms with E-state index in [0.717, 1.165) is 0 Å². The number of ether oxygens (including phenoxy) is 2. The number of carbonyl (C=O) groups is 1. The predicted molar refractivity (Wildman–Crippen MR) is 145 cm³/mol. The Kier molecular flexibility index (Phi) is 6.69. The number of nitrogens with one attached hydrogen (secondary N) is 1. The Hall–Kier alpha value is -4.10. The summed E-state index contributed by atoms with van der Waals surface area (Å²) < 4.78 is 78.0. The first-order valence-corrected chi connectivity index (χ1v) is 14.9. The van der Waals surface area contributed by atoms with E-state index in [1.807, 2.05) is 0 Å². The standard InChI is InChI=1S/C29H26F3N3O6S/c1-2-42(38,39)20-9-6-17(7-10-20)22(16-36)33-26(37)18-8-11-23-21(14-18)34-27(28(30)12-13-28)35(23)15-19-4-3-5-24-25(19)41-29(31,32)40-24/h3-11,14,22,36H,2,12-13,15-16H2,1H3,(H,33,37). The van der Waals surface area contributed by atoms with E-state index in [4.69, 9.17) is 4.74 Å². The zero-order chi connectivity index (χ0) is 29.9. The van der Waals surface area contributed by atoms with Crippen molar-refractivity contribution in [2.75, 3.05) is 12.4 Å². The van der Waals surface area contributed by atoms with E-state index < -0.39 is 40.4 Å². The molecule has 13 heteroatoms. The Balaban J connectivity index is 1.29. The number of aromatic nitrogens is 2. The van der Waals surface area contributed by atoms with E-state index in [9.17, 15) is 27.1 Å². The van der Waals surface area contributed by atoms with Gasteiger partial charge < -0.3 is 24.5 Å². The number of sulfone groups is 1. The molecule has 2 heterocycles. The van der Waals surface area contributed by atoms with Crippen molar-refractivity contribution in [3.63, 3.8) is 0 Å². The summed E-state index contributed by atoms with van der Waals surface area (Å²) in [5, 5.41) is 12.7. The number of imidazole rings is 1. The van der Waals surface area contributed by atoms with Crippen molar-refractivity contribution in [1.82, 2.24) is 14.9 Å². The molecule has 1 amide bonds. The summed E-state index contributed by atoms with van der Waals surface area (Å²) >= 11 is 0. The molecule has 3 aromatic carbocycles. The molecule has 6 rings (SSSR count).